The fraction of sp³-hybridized carbons (Fsp3) is 0.533. The van der Waals surface area contributed by atoms with Crippen LogP contribution in [0.2, 0.25) is 10.0 Å². The maximum atomic E-state index is 14.1. The third kappa shape index (κ3) is 24.4. The molecular weight excluding hydrogens is 1460 g/mol. The van der Waals surface area contributed by atoms with Crippen LogP contribution in [-0.4, -0.2) is 125 Å². The maximum Gasteiger partial charge on any atom is 0.347 e. The number of carboxylic acids is 1. The topological polar surface area (TPSA) is 359 Å². The summed E-state index contributed by atoms with van der Waals surface area (Å²) < 4.78 is 114. The van der Waals surface area contributed by atoms with Gasteiger partial charge in [-0.25, -0.2) is 48.5 Å². The van der Waals surface area contributed by atoms with Crippen molar-refractivity contribution in [3.63, 3.8) is 0 Å². The number of aliphatic carboxylic acids is 1. The molecule has 4 unspecified atom stereocenters. The number of carboxylic acid groups (broad SMARTS) is 1. The molecule has 4 atom stereocenters. The Labute approximate surface area is 633 Å². The van der Waals surface area contributed by atoms with Gasteiger partial charge in [-0.2, -0.15) is 0 Å². The third-order valence-corrected chi connectivity index (χ3v) is 23.1. The van der Waals surface area contributed by atoms with E-state index in [0.717, 1.165) is 68.8 Å². The molecule has 0 radical (unpaired) electrons. The Morgan fingerprint density at radius 2 is 0.972 bits per heavy atom. The molecule has 26 nitrogen and oxygen atoms in total. The molecule has 0 aliphatic carbocycles. The number of aromatic hydroxyl groups is 1. The minimum atomic E-state index is -4.24. The molecular formula is C75H105Cl2N11O15S3. The largest absolute Gasteiger partial charge is 0.506 e. The summed E-state index contributed by atoms with van der Waals surface area (Å²) in [5.41, 5.74) is 3.98. The number of unbranched alkanes of at least 4 members (excludes halogenated alkanes) is 14. The molecule has 106 heavy (non-hydrogen) atoms. The zero-order valence-electron chi connectivity index (χ0n) is 62.8. The van der Waals surface area contributed by atoms with E-state index >= 15 is 0 Å². The Bertz CT molecular complexity index is 4600. The lowest BCUT2D eigenvalue weighted by molar-refractivity contribution is -0.153. The molecule has 0 fully saturated rings. The minimum Gasteiger partial charge on any atom is -0.506 e. The summed E-state index contributed by atoms with van der Waals surface area (Å²) in [5.74, 6) is -1.52. The van der Waals surface area contributed by atoms with Gasteiger partial charge in [0.1, 0.15) is 46.0 Å². The normalized spacial score (nSPS) is 13.4. The lowest BCUT2D eigenvalue weighted by Crippen LogP contribution is -2.39. The monoisotopic (exact) mass is 1570 g/mol. The van der Waals surface area contributed by atoms with Crippen molar-refractivity contribution < 1.29 is 68.8 Å². The van der Waals surface area contributed by atoms with Crippen LogP contribution in [0.4, 0.5) is 0 Å². The first-order valence-electron chi connectivity index (χ1n) is 36.3. The van der Waals surface area contributed by atoms with Gasteiger partial charge in [-0.15, -0.1) is 20.4 Å². The van der Waals surface area contributed by atoms with Gasteiger partial charge < -0.3 is 34.5 Å². The van der Waals surface area contributed by atoms with Gasteiger partial charge in [-0.05, 0) is 125 Å². The number of benzene rings is 4. The van der Waals surface area contributed by atoms with Crippen molar-refractivity contribution in [2.45, 2.75) is 260 Å². The Kier molecular flexibility index (Phi) is 31.3. The standard InChI is InChI=1S/C43H55Cl2N5O9S2.C32H50N6O6S/c1-7-8-9-10-11-12-13-14-15-37(42(52)58-23-22-57-35-21-18-31(26-33(35)45)60(53,54)30-17-19-34(51)32(44)25-30)59-36-20-16-28(2)24-38(36)61(55,56)49-29(3)41-47-46-40-27-39(43(4,5)6)48-50(40)41;1-7-8-9-10-11-12-13-14-15-25(31(41)33-19-18-29(39)40)44-24-17-16-22(2)20-26(24)45(42,43)37-23(3)30-35-34-28-21-27(32(4,5)6)36-38(28)30/h16-21,24-27,29,37,48-49,51H,7-15,22-23H2,1-6H3;16-17,20-21,23,25,36-37H,7-15,18-19H2,1-6H3,(H,33,41)(H,39,40). The summed E-state index contributed by atoms with van der Waals surface area (Å²) >= 11 is 12.3. The number of nitrogens with zero attached hydrogens (tertiary/aromatic N) is 6. The Morgan fingerprint density at radius 1 is 0.547 bits per heavy atom. The van der Waals surface area contributed by atoms with Crippen LogP contribution < -0.4 is 29.0 Å². The van der Waals surface area contributed by atoms with Gasteiger partial charge in [0, 0.05) is 40.9 Å². The second kappa shape index (κ2) is 38.8. The molecule has 0 bridgehead atoms. The van der Waals surface area contributed by atoms with Crippen molar-refractivity contribution in [1.29, 1.82) is 0 Å². The number of carbonyl (C=O) groups excluding carboxylic acids is 2. The Balaban J connectivity index is 0.000000310. The number of phenolic OH excluding ortho intramolecular Hbond substituents is 1. The number of hydrogen-bond acceptors (Lipinski definition) is 18. The molecule has 0 aliphatic heterocycles. The molecule has 8 rings (SSSR count). The highest BCUT2D eigenvalue weighted by Crippen LogP contribution is 2.36. The van der Waals surface area contributed by atoms with Gasteiger partial charge in [-0.3, -0.25) is 19.8 Å². The Hall–Kier alpha value is -7.80. The van der Waals surface area contributed by atoms with Crippen LogP contribution in [0, 0.1) is 13.8 Å². The summed E-state index contributed by atoms with van der Waals surface area (Å²) in [6.45, 7) is 23.2. The third-order valence-electron chi connectivity index (χ3n) is 17.7. The van der Waals surface area contributed by atoms with Crippen molar-refractivity contribution in [2.75, 3.05) is 19.8 Å². The number of carbonyl (C=O) groups is 3. The average Bonchev–Trinajstić information content (AvgIpc) is 1.52. The minimum absolute atomic E-state index is 0.000190. The van der Waals surface area contributed by atoms with Crippen LogP contribution in [0.15, 0.2) is 105 Å². The molecule has 4 aromatic carbocycles. The summed E-state index contributed by atoms with van der Waals surface area (Å²) in [6.07, 6.45) is 15.2. The van der Waals surface area contributed by atoms with E-state index in [2.05, 4.69) is 101 Å². The van der Waals surface area contributed by atoms with E-state index in [1.54, 1.807) is 54.9 Å². The van der Waals surface area contributed by atoms with Gasteiger partial charge >= 0.3 is 11.9 Å². The first-order valence-corrected chi connectivity index (χ1v) is 41.6. The number of rotatable bonds is 41. The van der Waals surface area contributed by atoms with Crippen molar-refractivity contribution in [2.24, 2.45) is 0 Å². The van der Waals surface area contributed by atoms with E-state index in [9.17, 15) is 44.7 Å². The van der Waals surface area contributed by atoms with Gasteiger partial charge in [0.15, 0.2) is 35.2 Å². The Morgan fingerprint density at radius 3 is 1.42 bits per heavy atom. The summed E-state index contributed by atoms with van der Waals surface area (Å²) in [5, 5.41) is 44.6. The van der Waals surface area contributed by atoms with Crippen molar-refractivity contribution in [3.05, 3.63) is 129 Å². The molecule has 582 valence electrons. The highest BCUT2D eigenvalue weighted by Gasteiger charge is 2.33. The number of aromatic amines is 2. The zero-order chi connectivity index (χ0) is 77.7. The van der Waals surface area contributed by atoms with Crippen LogP contribution in [0.25, 0.3) is 11.3 Å². The van der Waals surface area contributed by atoms with Crippen LogP contribution in [0.5, 0.6) is 23.0 Å². The van der Waals surface area contributed by atoms with Crippen LogP contribution in [0.1, 0.15) is 237 Å². The number of esters is 1. The van der Waals surface area contributed by atoms with Gasteiger partial charge in [0.2, 0.25) is 29.9 Å². The first-order chi connectivity index (χ1) is 50.0. The molecule has 7 N–H and O–H groups in total. The molecule has 4 aromatic heterocycles. The number of aromatic nitrogens is 8. The number of H-pyrrole nitrogens is 2. The molecule has 4 heterocycles. The van der Waals surface area contributed by atoms with E-state index in [1.165, 1.54) is 87.1 Å². The quantitative estimate of drug-likeness (QED) is 0.0138. The smallest absolute Gasteiger partial charge is 0.347 e. The fourth-order valence-corrected chi connectivity index (χ4v) is 16.2. The van der Waals surface area contributed by atoms with Gasteiger partial charge in [-0.1, -0.05) is 181 Å². The molecule has 1 amide bonds. The number of hydrogen-bond donors (Lipinski definition) is 7. The van der Waals surface area contributed by atoms with E-state index in [0.29, 0.717) is 53.3 Å². The van der Waals surface area contributed by atoms with E-state index in [-0.39, 0.29) is 96.1 Å². The fourth-order valence-electron chi connectivity index (χ4n) is 11.5. The number of nitrogens with one attached hydrogen (secondary N) is 5. The lowest BCUT2D eigenvalue weighted by Gasteiger charge is -2.22. The zero-order valence-corrected chi connectivity index (χ0v) is 66.8. The second-order valence-electron chi connectivity index (χ2n) is 28.8. The van der Waals surface area contributed by atoms with Gasteiger partial charge in [0.25, 0.3) is 5.91 Å². The number of phenols is 1. The summed E-state index contributed by atoms with van der Waals surface area (Å²) in [7, 11) is -12.4. The van der Waals surface area contributed by atoms with E-state index < -0.39 is 72.0 Å². The van der Waals surface area contributed by atoms with Crippen LogP contribution in [0.3, 0.4) is 0 Å². The second-order valence-corrected chi connectivity index (χ2v) is 35.0. The number of ether oxygens (including phenoxy) is 4. The molecule has 0 saturated carbocycles. The van der Waals surface area contributed by atoms with Crippen LogP contribution >= 0.6 is 23.2 Å². The van der Waals surface area contributed by atoms with E-state index in [4.69, 9.17) is 47.3 Å². The van der Waals surface area contributed by atoms with Crippen molar-refractivity contribution in [3.8, 4) is 23.0 Å². The number of aryl methyl sites for hydroxylation is 2. The highest BCUT2D eigenvalue weighted by atomic mass is 35.5. The van der Waals surface area contributed by atoms with E-state index in [1.807, 2.05) is 12.1 Å². The molecule has 0 spiro atoms. The molecule has 8 aromatic rings. The van der Waals surface area contributed by atoms with Crippen molar-refractivity contribution in [1.82, 2.24) is 54.4 Å². The number of amides is 1. The summed E-state index contributed by atoms with van der Waals surface area (Å²) in [6, 6.07) is 19.2. The number of halogens is 2. The molecule has 31 heteroatoms. The predicted octanol–water partition coefficient (Wildman–Crippen LogP) is 15.0. The van der Waals surface area contributed by atoms with Gasteiger partial charge in [0.05, 0.1) is 38.3 Å². The predicted molar refractivity (Wildman–Crippen MR) is 407 cm³/mol. The number of sulfone groups is 1. The van der Waals surface area contributed by atoms with Crippen LogP contribution in [-0.2, 0) is 59.8 Å². The first kappa shape index (κ1) is 85.4. The SMILES string of the molecule is CCCCCCCCCCC(Oc1ccc(C)cc1S(=O)(=O)NC(C)c1nnc2cc(C(C)(C)C)[nH]n12)C(=O)NCCC(=O)O.CCCCCCCCCCC(Oc1ccc(C)cc1S(=O)(=O)NC(C)c1nnc2cc(C(C)(C)C)[nH]n12)C(=O)OCCOc1ccc(S(=O)(=O)c2ccc(O)c(Cl)c2)cc1Cl. The van der Waals surface area contributed by atoms with Crippen molar-refractivity contribution >= 4 is 82.2 Å². The molecule has 0 saturated heterocycles. The number of fused-ring (bicyclic) bond motifs is 2. The average molecular weight is 1570 g/mol. The lowest BCUT2D eigenvalue weighted by atomic mass is 9.93. The molecule has 0 aliphatic rings. The maximum absolute atomic E-state index is 14.1. The number of sulfonamides is 2. The summed E-state index contributed by atoms with van der Waals surface area (Å²) in [4.78, 5) is 37.3. The highest BCUT2D eigenvalue weighted by molar-refractivity contribution is 7.91.